The van der Waals surface area contributed by atoms with E-state index < -0.39 is 22.9 Å². The Kier molecular flexibility index (Phi) is 5.84. The second-order valence-corrected chi connectivity index (χ2v) is 4.81. The topological polar surface area (TPSA) is 55.5 Å². The average molecular weight is 263 g/mol. The van der Waals surface area contributed by atoms with E-state index in [1.807, 2.05) is 0 Å². The Bertz CT molecular complexity index is 365. The summed E-state index contributed by atoms with van der Waals surface area (Å²) in [6.07, 6.45) is 0. The van der Waals surface area contributed by atoms with Crippen LogP contribution in [0.4, 0.5) is 8.78 Å². The van der Waals surface area contributed by atoms with E-state index in [-0.39, 0.29) is 18.1 Å². The van der Waals surface area contributed by atoms with Gasteiger partial charge in [0.15, 0.2) is 0 Å². The van der Waals surface area contributed by atoms with Gasteiger partial charge in [0.05, 0.1) is 18.5 Å². The van der Waals surface area contributed by atoms with Gasteiger partial charge in [-0.2, -0.15) is 0 Å². The maximum Gasteiger partial charge on any atom is 0.139 e. The highest BCUT2D eigenvalue weighted by molar-refractivity contribution is 8.00. The molecule has 0 bridgehead atoms. The molecule has 0 aromatic heterocycles. The fourth-order valence-corrected chi connectivity index (χ4v) is 2.27. The Hall–Kier alpha value is -0.690. The normalized spacial score (nSPS) is 14.6. The van der Waals surface area contributed by atoms with Crippen molar-refractivity contribution >= 4 is 11.8 Å². The molecule has 1 aromatic carbocycles. The van der Waals surface area contributed by atoms with Crippen molar-refractivity contribution in [3.8, 4) is 0 Å². The largest absolute Gasteiger partial charge is 0.395 e. The monoisotopic (exact) mass is 263 g/mol. The fraction of sp³-hybridized carbons (Fsp3) is 0.455. The summed E-state index contributed by atoms with van der Waals surface area (Å²) in [7, 11) is 1.50. The number of benzene rings is 1. The number of rotatable bonds is 6. The third-order valence-electron chi connectivity index (χ3n) is 2.19. The number of hydrogen-bond donors (Lipinski definition) is 2. The molecular weight excluding hydrogens is 248 g/mol. The molecule has 2 atom stereocenters. The van der Waals surface area contributed by atoms with Crippen LogP contribution >= 0.6 is 11.8 Å². The second-order valence-electron chi connectivity index (χ2n) is 3.53. The number of aliphatic hydroxyl groups is 1. The molecule has 0 saturated carbocycles. The molecule has 0 saturated heterocycles. The molecule has 3 N–H and O–H groups in total. The smallest absolute Gasteiger partial charge is 0.139 e. The van der Waals surface area contributed by atoms with Crippen molar-refractivity contribution in [2.45, 2.75) is 16.2 Å². The van der Waals surface area contributed by atoms with Crippen molar-refractivity contribution in [3.63, 3.8) is 0 Å². The number of nitrogens with two attached hydrogens (primary N) is 1. The van der Waals surface area contributed by atoms with Crippen molar-refractivity contribution in [2.75, 3.05) is 20.3 Å². The van der Waals surface area contributed by atoms with Gasteiger partial charge in [-0.15, -0.1) is 11.8 Å². The summed E-state index contributed by atoms with van der Waals surface area (Å²) in [6, 6.07) is 2.89. The number of hydrogen-bond acceptors (Lipinski definition) is 4. The van der Waals surface area contributed by atoms with E-state index in [0.29, 0.717) is 0 Å². The van der Waals surface area contributed by atoms with E-state index in [4.69, 9.17) is 10.5 Å². The molecule has 2 unspecified atom stereocenters. The van der Waals surface area contributed by atoms with Crippen molar-refractivity contribution in [1.82, 2.24) is 0 Å². The van der Waals surface area contributed by atoms with Crippen LogP contribution in [0, 0.1) is 11.6 Å². The molecule has 0 aliphatic carbocycles. The van der Waals surface area contributed by atoms with E-state index in [1.165, 1.54) is 19.2 Å². The molecular formula is C11H15F2NO2S. The van der Waals surface area contributed by atoms with Gasteiger partial charge in [0.1, 0.15) is 11.6 Å². The first-order valence-corrected chi connectivity index (χ1v) is 5.93. The Balaban J connectivity index is 2.73. The number of ether oxygens (including phenoxy) is 1. The lowest BCUT2D eigenvalue weighted by Gasteiger charge is -2.20. The highest BCUT2D eigenvalue weighted by Gasteiger charge is 2.20. The van der Waals surface area contributed by atoms with E-state index >= 15 is 0 Å². The highest BCUT2D eigenvalue weighted by atomic mass is 32.2. The molecule has 0 fully saturated rings. The second kappa shape index (κ2) is 6.90. The van der Waals surface area contributed by atoms with Crippen molar-refractivity contribution in [2.24, 2.45) is 5.73 Å². The number of halogens is 2. The maximum atomic E-state index is 13.4. The van der Waals surface area contributed by atoms with Crippen LogP contribution in [0.3, 0.4) is 0 Å². The van der Waals surface area contributed by atoms with Crippen molar-refractivity contribution in [3.05, 3.63) is 29.8 Å². The third-order valence-corrected chi connectivity index (χ3v) is 3.58. The molecule has 17 heavy (non-hydrogen) atoms. The summed E-state index contributed by atoms with van der Waals surface area (Å²) in [5.74, 6) is -1.29. The predicted molar refractivity (Wildman–Crippen MR) is 62.9 cm³/mol. The molecule has 0 heterocycles. The van der Waals surface area contributed by atoms with Gasteiger partial charge >= 0.3 is 0 Å². The lowest BCUT2D eigenvalue weighted by molar-refractivity contribution is 0.167. The molecule has 0 spiro atoms. The van der Waals surface area contributed by atoms with Gasteiger partial charge in [0.2, 0.25) is 0 Å². The van der Waals surface area contributed by atoms with Crippen molar-refractivity contribution < 1.29 is 18.6 Å². The van der Waals surface area contributed by atoms with Crippen LogP contribution in [0.5, 0.6) is 0 Å². The minimum absolute atomic E-state index is 0.202. The van der Waals surface area contributed by atoms with Gasteiger partial charge in [-0.1, -0.05) is 0 Å². The quantitative estimate of drug-likeness (QED) is 0.762. The van der Waals surface area contributed by atoms with Gasteiger partial charge in [-0.25, -0.2) is 8.78 Å². The molecule has 6 heteroatoms. The molecule has 0 aliphatic rings. The van der Waals surface area contributed by atoms with Crippen molar-refractivity contribution in [1.29, 1.82) is 0 Å². The Morgan fingerprint density at radius 2 is 2.18 bits per heavy atom. The van der Waals surface area contributed by atoms with Crippen LogP contribution in [0.25, 0.3) is 0 Å². The van der Waals surface area contributed by atoms with Crippen LogP contribution in [-0.2, 0) is 4.74 Å². The van der Waals surface area contributed by atoms with Gasteiger partial charge in [-0.05, 0) is 12.1 Å². The standard InChI is InChI=1S/C11H15F2NO2S/c1-16-6-9(14)11(5-15)17-10-3-2-7(12)4-8(10)13/h2-4,9,11,15H,5-6,14H2,1H3. The highest BCUT2D eigenvalue weighted by Crippen LogP contribution is 2.27. The summed E-state index contributed by atoms with van der Waals surface area (Å²) in [4.78, 5) is 0.261. The minimum Gasteiger partial charge on any atom is -0.395 e. The SMILES string of the molecule is COCC(N)C(CO)Sc1ccc(F)cc1F. The lowest BCUT2D eigenvalue weighted by atomic mass is 10.2. The summed E-state index contributed by atoms with van der Waals surface area (Å²) in [6.45, 7) is 0.0625. The molecule has 0 amide bonds. The Labute approximate surface area is 103 Å². The molecule has 3 nitrogen and oxygen atoms in total. The first-order chi connectivity index (χ1) is 8.08. The zero-order chi connectivity index (χ0) is 12.8. The summed E-state index contributed by atoms with van der Waals surface area (Å²) >= 11 is 1.08. The minimum atomic E-state index is -0.655. The number of aliphatic hydroxyl groups excluding tert-OH is 1. The number of thioether (sulfide) groups is 1. The van der Waals surface area contributed by atoms with Crippen LogP contribution in [0.1, 0.15) is 0 Å². The van der Waals surface area contributed by atoms with Gasteiger partial charge < -0.3 is 15.6 Å². The Morgan fingerprint density at radius 1 is 1.47 bits per heavy atom. The van der Waals surface area contributed by atoms with Crippen LogP contribution < -0.4 is 5.73 Å². The van der Waals surface area contributed by atoms with Crippen LogP contribution in [0.2, 0.25) is 0 Å². The van der Waals surface area contributed by atoms with E-state index in [9.17, 15) is 13.9 Å². The summed E-state index contributed by atoms with van der Waals surface area (Å²) < 4.78 is 31.0. The van der Waals surface area contributed by atoms with Gasteiger partial charge in [0, 0.05) is 24.1 Å². The van der Waals surface area contributed by atoms with Gasteiger partial charge in [0.25, 0.3) is 0 Å². The predicted octanol–water partition coefficient (Wildman–Crippen LogP) is 1.39. The van der Waals surface area contributed by atoms with E-state index in [2.05, 4.69) is 0 Å². The molecule has 1 aromatic rings. The molecule has 0 radical (unpaired) electrons. The fourth-order valence-electron chi connectivity index (χ4n) is 1.29. The summed E-state index contributed by atoms with van der Waals surface area (Å²) in [5.41, 5.74) is 5.76. The number of methoxy groups -OCH3 is 1. The van der Waals surface area contributed by atoms with Crippen LogP contribution in [-0.4, -0.2) is 36.7 Å². The molecule has 96 valence electrons. The first-order valence-electron chi connectivity index (χ1n) is 5.05. The van der Waals surface area contributed by atoms with E-state index in [0.717, 1.165) is 17.8 Å². The van der Waals surface area contributed by atoms with Crippen LogP contribution in [0.15, 0.2) is 23.1 Å². The molecule has 0 aliphatic heterocycles. The third kappa shape index (κ3) is 4.23. The molecule has 1 rings (SSSR count). The lowest BCUT2D eigenvalue weighted by Crippen LogP contribution is -2.38. The average Bonchev–Trinajstić information content (AvgIpc) is 2.28. The summed E-state index contributed by atoms with van der Waals surface area (Å²) in [5, 5.41) is 8.78. The first kappa shape index (κ1) is 14.4. The maximum absolute atomic E-state index is 13.4. The zero-order valence-electron chi connectivity index (χ0n) is 9.40. The van der Waals surface area contributed by atoms with E-state index in [1.54, 1.807) is 0 Å². The van der Waals surface area contributed by atoms with Gasteiger partial charge in [-0.3, -0.25) is 0 Å². The zero-order valence-corrected chi connectivity index (χ0v) is 10.2. The Morgan fingerprint density at radius 3 is 2.71 bits per heavy atom.